The number of amides is 1. The summed E-state index contributed by atoms with van der Waals surface area (Å²) in [5, 5.41) is 8.56. The molecular weight excluding hydrogens is 204 g/mol. The van der Waals surface area contributed by atoms with Crippen molar-refractivity contribution in [2.45, 2.75) is 19.4 Å². The lowest BCUT2D eigenvalue weighted by Crippen LogP contribution is -2.34. The highest BCUT2D eigenvalue weighted by Crippen LogP contribution is 2.09. The zero-order valence-electron chi connectivity index (χ0n) is 9.34. The molecule has 5 heteroatoms. The van der Waals surface area contributed by atoms with Crippen LogP contribution in [-0.4, -0.2) is 28.9 Å². The van der Waals surface area contributed by atoms with E-state index in [1.165, 1.54) is 17.2 Å². The Morgan fingerprint density at radius 3 is 3.00 bits per heavy atom. The number of rotatable bonds is 3. The van der Waals surface area contributed by atoms with E-state index in [4.69, 9.17) is 11.0 Å². The van der Waals surface area contributed by atoms with Crippen molar-refractivity contribution in [1.82, 2.24) is 9.88 Å². The average Bonchev–Trinajstić information content (AvgIpc) is 2.27. The maximum absolute atomic E-state index is 11.9. The van der Waals surface area contributed by atoms with Gasteiger partial charge in [0, 0.05) is 24.8 Å². The molecule has 0 radical (unpaired) electrons. The number of carbonyl (C=O) groups is 1. The second-order valence-electron chi connectivity index (χ2n) is 3.60. The summed E-state index contributed by atoms with van der Waals surface area (Å²) >= 11 is 0. The van der Waals surface area contributed by atoms with Crippen LogP contribution in [0.5, 0.6) is 0 Å². The second kappa shape index (κ2) is 5.12. The molecule has 0 spiro atoms. The number of hydrogen-bond donors (Lipinski definition) is 1. The fourth-order valence-corrected chi connectivity index (χ4v) is 1.25. The molecule has 1 aromatic rings. The lowest BCUT2D eigenvalue weighted by Gasteiger charge is -2.22. The number of anilines is 1. The minimum atomic E-state index is -0.156. The summed E-state index contributed by atoms with van der Waals surface area (Å²) in [6.07, 6.45) is 1.80. The van der Waals surface area contributed by atoms with Gasteiger partial charge in [0.25, 0.3) is 5.91 Å². The lowest BCUT2D eigenvalue weighted by atomic mass is 10.2. The summed E-state index contributed by atoms with van der Waals surface area (Å²) in [6, 6.07) is 5.05. The van der Waals surface area contributed by atoms with Crippen molar-refractivity contribution in [2.24, 2.45) is 0 Å². The van der Waals surface area contributed by atoms with E-state index in [2.05, 4.69) is 4.98 Å². The molecule has 0 fully saturated rings. The maximum Gasteiger partial charge on any atom is 0.254 e. The molecule has 0 aliphatic rings. The third-order valence-electron chi connectivity index (χ3n) is 2.40. The molecule has 1 amide bonds. The lowest BCUT2D eigenvalue weighted by molar-refractivity contribution is 0.0746. The Morgan fingerprint density at radius 1 is 1.75 bits per heavy atom. The third-order valence-corrected chi connectivity index (χ3v) is 2.40. The number of nitrogens with zero attached hydrogens (tertiary/aromatic N) is 3. The Labute approximate surface area is 94.5 Å². The predicted octanol–water partition coefficient (Wildman–Crippen LogP) is 1.04. The van der Waals surface area contributed by atoms with Gasteiger partial charge in [0.05, 0.1) is 12.5 Å². The molecule has 0 saturated carbocycles. The summed E-state index contributed by atoms with van der Waals surface area (Å²) in [5.41, 5.74) is 5.98. The van der Waals surface area contributed by atoms with Gasteiger partial charge in [0.2, 0.25) is 0 Å². The van der Waals surface area contributed by atoms with Crippen LogP contribution in [0.1, 0.15) is 23.7 Å². The molecule has 16 heavy (non-hydrogen) atoms. The number of carbonyl (C=O) groups excluding carboxylic acids is 1. The van der Waals surface area contributed by atoms with Crippen molar-refractivity contribution in [3.05, 3.63) is 23.9 Å². The van der Waals surface area contributed by atoms with Crippen LogP contribution in [0.3, 0.4) is 0 Å². The van der Waals surface area contributed by atoms with Crippen molar-refractivity contribution >= 4 is 11.7 Å². The quantitative estimate of drug-likeness (QED) is 0.821. The molecule has 0 aliphatic heterocycles. The summed E-state index contributed by atoms with van der Waals surface area (Å²) < 4.78 is 0. The number of hydrogen-bond acceptors (Lipinski definition) is 4. The summed E-state index contributed by atoms with van der Waals surface area (Å²) in [5.74, 6) is 0.157. The van der Waals surface area contributed by atoms with Crippen molar-refractivity contribution in [1.29, 1.82) is 5.26 Å². The van der Waals surface area contributed by atoms with Crippen molar-refractivity contribution in [2.75, 3.05) is 12.8 Å². The molecule has 0 bridgehead atoms. The Kier molecular flexibility index (Phi) is 3.84. The summed E-state index contributed by atoms with van der Waals surface area (Å²) in [7, 11) is 1.67. The monoisotopic (exact) mass is 218 g/mol. The van der Waals surface area contributed by atoms with Gasteiger partial charge in [-0.05, 0) is 19.1 Å². The van der Waals surface area contributed by atoms with Crippen LogP contribution in [-0.2, 0) is 0 Å². The predicted molar refractivity (Wildman–Crippen MR) is 60.4 cm³/mol. The van der Waals surface area contributed by atoms with E-state index in [9.17, 15) is 4.79 Å². The molecule has 5 nitrogen and oxygen atoms in total. The number of pyridine rings is 1. The van der Waals surface area contributed by atoms with Crippen LogP contribution in [0.4, 0.5) is 5.82 Å². The first-order chi connectivity index (χ1) is 7.56. The minimum absolute atomic E-state index is 0.119. The topological polar surface area (TPSA) is 83.0 Å². The molecule has 1 heterocycles. The van der Waals surface area contributed by atoms with Gasteiger partial charge < -0.3 is 10.6 Å². The van der Waals surface area contributed by atoms with Gasteiger partial charge in [-0.1, -0.05) is 0 Å². The normalized spacial score (nSPS) is 11.6. The van der Waals surface area contributed by atoms with E-state index in [1.807, 2.05) is 13.0 Å². The van der Waals surface area contributed by atoms with Crippen LogP contribution in [0.15, 0.2) is 18.3 Å². The van der Waals surface area contributed by atoms with Gasteiger partial charge in [-0.25, -0.2) is 4.98 Å². The molecule has 1 aromatic heterocycles. The molecule has 2 N–H and O–H groups in total. The smallest absolute Gasteiger partial charge is 0.254 e. The molecule has 0 aromatic carbocycles. The van der Waals surface area contributed by atoms with Gasteiger partial charge in [0.15, 0.2) is 0 Å². The molecule has 1 rings (SSSR count). The Morgan fingerprint density at radius 2 is 2.44 bits per heavy atom. The van der Waals surface area contributed by atoms with Crippen molar-refractivity contribution in [3.63, 3.8) is 0 Å². The molecule has 84 valence electrons. The van der Waals surface area contributed by atoms with E-state index >= 15 is 0 Å². The highest BCUT2D eigenvalue weighted by Gasteiger charge is 2.17. The number of nitriles is 1. The maximum atomic E-state index is 11.9. The Balaban J connectivity index is 2.82. The third kappa shape index (κ3) is 2.70. The second-order valence-corrected chi connectivity index (χ2v) is 3.60. The highest BCUT2D eigenvalue weighted by atomic mass is 16.2. The van der Waals surface area contributed by atoms with Crippen molar-refractivity contribution in [3.8, 4) is 6.07 Å². The average molecular weight is 218 g/mol. The molecule has 0 saturated heterocycles. The zero-order valence-corrected chi connectivity index (χ0v) is 9.34. The standard InChI is InChI=1S/C11H14N4O/c1-8(3-5-12)15(2)11(16)9-4-6-14-10(13)7-9/h4,6-8H,3H2,1-2H3,(H2,13,14). The van der Waals surface area contributed by atoms with Crippen LogP contribution in [0, 0.1) is 11.3 Å². The van der Waals surface area contributed by atoms with E-state index in [1.54, 1.807) is 13.1 Å². The van der Waals surface area contributed by atoms with E-state index < -0.39 is 0 Å². The minimum Gasteiger partial charge on any atom is -0.384 e. The Bertz CT molecular complexity index is 424. The van der Waals surface area contributed by atoms with Gasteiger partial charge >= 0.3 is 0 Å². The molecule has 1 atom stereocenters. The van der Waals surface area contributed by atoms with Crippen LogP contribution in [0.2, 0.25) is 0 Å². The number of nitrogens with two attached hydrogens (primary N) is 1. The largest absolute Gasteiger partial charge is 0.384 e. The van der Waals surface area contributed by atoms with Gasteiger partial charge in [0.1, 0.15) is 5.82 Å². The number of nitrogen functional groups attached to an aromatic ring is 1. The SMILES string of the molecule is CC(CC#N)N(C)C(=O)c1ccnc(N)c1. The van der Waals surface area contributed by atoms with Gasteiger partial charge in [-0.15, -0.1) is 0 Å². The fraction of sp³-hybridized carbons (Fsp3) is 0.364. The van der Waals surface area contributed by atoms with E-state index in [-0.39, 0.29) is 11.9 Å². The van der Waals surface area contributed by atoms with Gasteiger partial charge in [-0.3, -0.25) is 4.79 Å². The van der Waals surface area contributed by atoms with Gasteiger partial charge in [-0.2, -0.15) is 5.26 Å². The Hall–Kier alpha value is -2.09. The van der Waals surface area contributed by atoms with Crippen LogP contribution >= 0.6 is 0 Å². The van der Waals surface area contributed by atoms with Crippen LogP contribution in [0.25, 0.3) is 0 Å². The first-order valence-corrected chi connectivity index (χ1v) is 4.92. The molecular formula is C11H14N4O. The number of aromatic nitrogens is 1. The van der Waals surface area contributed by atoms with E-state index in [0.29, 0.717) is 17.8 Å². The molecule has 0 aliphatic carbocycles. The fourth-order valence-electron chi connectivity index (χ4n) is 1.25. The molecule has 1 unspecified atom stereocenters. The summed E-state index contributed by atoms with van der Waals surface area (Å²) in [4.78, 5) is 17.3. The highest BCUT2D eigenvalue weighted by molar-refractivity contribution is 5.94. The zero-order chi connectivity index (χ0) is 12.1. The van der Waals surface area contributed by atoms with Crippen molar-refractivity contribution < 1.29 is 4.79 Å². The van der Waals surface area contributed by atoms with Crippen LogP contribution < -0.4 is 5.73 Å². The first-order valence-electron chi connectivity index (χ1n) is 4.92. The van der Waals surface area contributed by atoms with E-state index in [0.717, 1.165) is 0 Å². The first kappa shape index (κ1) is 12.0. The summed E-state index contributed by atoms with van der Waals surface area (Å²) in [6.45, 7) is 1.83.